The van der Waals surface area contributed by atoms with Gasteiger partial charge in [0, 0.05) is 11.3 Å². The number of aryl methyl sites for hydroxylation is 1. The first-order valence-electron chi connectivity index (χ1n) is 8.70. The summed E-state index contributed by atoms with van der Waals surface area (Å²) in [7, 11) is 0. The Kier molecular flexibility index (Phi) is 4.89. The largest absolute Gasteiger partial charge is 0.232 e. The summed E-state index contributed by atoms with van der Waals surface area (Å²) in [6.45, 7) is 2.10. The van der Waals surface area contributed by atoms with E-state index in [9.17, 15) is 0 Å². The lowest BCUT2D eigenvalue weighted by Gasteiger charge is -2.10. The van der Waals surface area contributed by atoms with E-state index >= 15 is 0 Å². The van der Waals surface area contributed by atoms with Crippen LogP contribution in [0.5, 0.6) is 0 Å². The topological polar surface area (TPSA) is 17.8 Å². The Morgan fingerprint density at radius 1 is 0.769 bits per heavy atom. The van der Waals surface area contributed by atoms with Crippen LogP contribution in [0.2, 0.25) is 0 Å². The summed E-state index contributed by atoms with van der Waals surface area (Å²) in [4.78, 5) is 1.24. The molecule has 3 heteroatoms. The molecule has 0 aliphatic heterocycles. The molecule has 0 unspecified atom stereocenters. The van der Waals surface area contributed by atoms with Crippen LogP contribution >= 0.6 is 11.8 Å². The second kappa shape index (κ2) is 7.63. The third kappa shape index (κ3) is 3.44. The molecule has 0 atom stereocenters. The highest BCUT2D eigenvalue weighted by Gasteiger charge is 2.18. The van der Waals surface area contributed by atoms with Gasteiger partial charge in [-0.3, -0.25) is 0 Å². The average molecular weight is 356 g/mol. The van der Waals surface area contributed by atoms with Crippen LogP contribution in [0.4, 0.5) is 0 Å². The normalized spacial score (nSPS) is 10.8. The van der Waals surface area contributed by atoms with Gasteiger partial charge in [-0.1, -0.05) is 78.9 Å². The maximum Gasteiger partial charge on any atom is 0.0879 e. The van der Waals surface area contributed by atoms with Gasteiger partial charge in [0.25, 0.3) is 0 Å². The van der Waals surface area contributed by atoms with E-state index in [1.165, 1.54) is 16.0 Å². The zero-order chi connectivity index (χ0) is 17.8. The number of nitrogens with zero attached hydrogens (tertiary/aromatic N) is 2. The van der Waals surface area contributed by atoms with Crippen molar-refractivity contribution in [1.82, 2.24) is 9.78 Å². The van der Waals surface area contributed by atoms with Crippen LogP contribution in [0.1, 0.15) is 11.3 Å². The number of benzene rings is 3. The molecule has 0 amide bonds. The second-order valence-electron chi connectivity index (χ2n) is 6.15. The van der Waals surface area contributed by atoms with Crippen LogP contribution in [0, 0.1) is 6.92 Å². The molecule has 3 aromatic carbocycles. The SMILES string of the molecule is Cc1nn(-c2ccccc2)c(-c2ccccc2)c1SCc1ccccc1. The fraction of sp³-hybridized carbons (Fsp3) is 0.0870. The Labute approximate surface area is 158 Å². The smallest absolute Gasteiger partial charge is 0.0879 e. The van der Waals surface area contributed by atoms with Crippen LogP contribution < -0.4 is 0 Å². The monoisotopic (exact) mass is 356 g/mol. The Balaban J connectivity index is 1.79. The summed E-state index contributed by atoms with van der Waals surface area (Å²) in [6, 6.07) is 31.5. The number of para-hydroxylation sites is 1. The minimum absolute atomic E-state index is 0.933. The van der Waals surface area contributed by atoms with Crippen molar-refractivity contribution in [3.63, 3.8) is 0 Å². The molecule has 128 valence electrons. The van der Waals surface area contributed by atoms with E-state index in [0.717, 1.165) is 22.8 Å². The van der Waals surface area contributed by atoms with Gasteiger partial charge >= 0.3 is 0 Å². The van der Waals surface area contributed by atoms with E-state index in [0.29, 0.717) is 0 Å². The predicted molar refractivity (Wildman–Crippen MR) is 110 cm³/mol. The molecular formula is C23H20N2S. The Morgan fingerprint density at radius 2 is 1.35 bits per heavy atom. The van der Waals surface area contributed by atoms with E-state index in [4.69, 9.17) is 5.10 Å². The summed E-state index contributed by atoms with van der Waals surface area (Å²) in [5.41, 5.74) is 5.82. The van der Waals surface area contributed by atoms with Gasteiger partial charge < -0.3 is 0 Å². The average Bonchev–Trinajstić information content (AvgIpc) is 3.05. The molecular weight excluding hydrogens is 336 g/mol. The molecule has 0 bridgehead atoms. The number of aromatic nitrogens is 2. The van der Waals surface area contributed by atoms with Crippen LogP contribution in [0.25, 0.3) is 16.9 Å². The number of rotatable bonds is 5. The molecule has 1 heterocycles. The van der Waals surface area contributed by atoms with E-state index in [-0.39, 0.29) is 0 Å². The number of hydrogen-bond acceptors (Lipinski definition) is 2. The standard InChI is InChI=1S/C23H20N2S/c1-18-23(26-17-19-11-5-2-6-12-19)22(20-13-7-3-8-14-20)25(24-18)21-15-9-4-10-16-21/h2-16H,17H2,1H3. The number of hydrogen-bond donors (Lipinski definition) is 0. The quantitative estimate of drug-likeness (QED) is 0.400. The van der Waals surface area contributed by atoms with E-state index < -0.39 is 0 Å². The number of thioether (sulfide) groups is 1. The van der Waals surface area contributed by atoms with Crippen LogP contribution in [0.15, 0.2) is 95.9 Å². The molecule has 0 N–H and O–H groups in total. The molecule has 4 aromatic rings. The molecule has 0 fully saturated rings. The van der Waals surface area contributed by atoms with Crippen molar-refractivity contribution in [3.05, 3.63) is 102 Å². The molecule has 1 aromatic heterocycles. The second-order valence-corrected chi connectivity index (χ2v) is 7.14. The van der Waals surface area contributed by atoms with Gasteiger partial charge in [-0.05, 0) is 24.6 Å². The highest BCUT2D eigenvalue weighted by molar-refractivity contribution is 7.98. The maximum absolute atomic E-state index is 4.87. The van der Waals surface area contributed by atoms with E-state index in [1.807, 2.05) is 17.8 Å². The Bertz CT molecular complexity index is 977. The summed E-state index contributed by atoms with van der Waals surface area (Å²) in [5.74, 6) is 0.933. The molecule has 0 saturated heterocycles. The maximum atomic E-state index is 4.87. The molecule has 0 spiro atoms. The fourth-order valence-corrected chi connectivity index (χ4v) is 4.12. The lowest BCUT2D eigenvalue weighted by molar-refractivity contribution is 0.869. The van der Waals surface area contributed by atoms with Gasteiger partial charge in [0.15, 0.2) is 0 Å². The lowest BCUT2D eigenvalue weighted by atomic mass is 10.1. The highest BCUT2D eigenvalue weighted by atomic mass is 32.2. The molecule has 26 heavy (non-hydrogen) atoms. The first-order chi connectivity index (χ1) is 12.8. The van der Waals surface area contributed by atoms with Crippen LogP contribution in [-0.4, -0.2) is 9.78 Å². The van der Waals surface area contributed by atoms with Gasteiger partial charge in [-0.25, -0.2) is 4.68 Å². The zero-order valence-corrected chi connectivity index (χ0v) is 15.5. The highest BCUT2D eigenvalue weighted by Crippen LogP contribution is 2.37. The van der Waals surface area contributed by atoms with Crippen LogP contribution in [-0.2, 0) is 5.75 Å². The third-order valence-corrected chi connectivity index (χ3v) is 5.53. The Hall–Kier alpha value is -2.78. The minimum Gasteiger partial charge on any atom is -0.232 e. The van der Waals surface area contributed by atoms with Crippen LogP contribution in [0.3, 0.4) is 0 Å². The Morgan fingerprint density at radius 3 is 2.00 bits per heavy atom. The molecule has 0 aliphatic carbocycles. The first kappa shape index (κ1) is 16.7. The van der Waals surface area contributed by atoms with Crippen molar-refractivity contribution in [2.45, 2.75) is 17.6 Å². The van der Waals surface area contributed by atoms with E-state index in [2.05, 4.69) is 96.5 Å². The summed E-state index contributed by atoms with van der Waals surface area (Å²) < 4.78 is 2.07. The molecule has 0 aliphatic rings. The summed E-state index contributed by atoms with van der Waals surface area (Å²) >= 11 is 1.85. The van der Waals surface area contributed by atoms with Gasteiger partial charge in [0.05, 0.1) is 22.0 Å². The van der Waals surface area contributed by atoms with Crippen molar-refractivity contribution >= 4 is 11.8 Å². The van der Waals surface area contributed by atoms with Crippen molar-refractivity contribution in [3.8, 4) is 16.9 Å². The summed E-state index contributed by atoms with van der Waals surface area (Å²) in [6.07, 6.45) is 0. The van der Waals surface area contributed by atoms with Gasteiger partial charge in [0.1, 0.15) is 0 Å². The van der Waals surface area contributed by atoms with Gasteiger partial charge in [0.2, 0.25) is 0 Å². The van der Waals surface area contributed by atoms with Crippen molar-refractivity contribution in [1.29, 1.82) is 0 Å². The van der Waals surface area contributed by atoms with Gasteiger partial charge in [-0.2, -0.15) is 5.10 Å². The molecule has 4 rings (SSSR count). The molecule has 0 radical (unpaired) electrons. The molecule has 2 nitrogen and oxygen atoms in total. The fourth-order valence-electron chi connectivity index (χ4n) is 3.02. The molecule has 0 saturated carbocycles. The lowest BCUT2D eigenvalue weighted by Crippen LogP contribution is -1.99. The van der Waals surface area contributed by atoms with Crippen molar-refractivity contribution in [2.75, 3.05) is 0 Å². The summed E-state index contributed by atoms with van der Waals surface area (Å²) in [5, 5.41) is 4.87. The minimum atomic E-state index is 0.933. The first-order valence-corrected chi connectivity index (χ1v) is 9.68. The van der Waals surface area contributed by atoms with Crippen molar-refractivity contribution in [2.24, 2.45) is 0 Å². The zero-order valence-electron chi connectivity index (χ0n) is 14.7. The van der Waals surface area contributed by atoms with Gasteiger partial charge in [-0.15, -0.1) is 11.8 Å². The van der Waals surface area contributed by atoms with Crippen molar-refractivity contribution < 1.29 is 0 Å². The van der Waals surface area contributed by atoms with E-state index in [1.54, 1.807) is 0 Å². The third-order valence-electron chi connectivity index (χ3n) is 4.28. The predicted octanol–water partition coefficient (Wildman–Crippen LogP) is 6.14.